The molecular formula is C16H14BrClO3. The van der Waals surface area contributed by atoms with Gasteiger partial charge in [-0.15, -0.1) is 0 Å². The van der Waals surface area contributed by atoms with Gasteiger partial charge in [-0.3, -0.25) is 0 Å². The van der Waals surface area contributed by atoms with Gasteiger partial charge in [0.1, 0.15) is 19.0 Å². The Morgan fingerprint density at radius 2 is 1.86 bits per heavy atom. The summed E-state index contributed by atoms with van der Waals surface area (Å²) in [4.78, 5) is -0.0398. The third kappa shape index (κ3) is 2.97. The van der Waals surface area contributed by atoms with Gasteiger partial charge >= 0.3 is 0 Å². The summed E-state index contributed by atoms with van der Waals surface area (Å²) >= 11 is 9.81. The summed E-state index contributed by atoms with van der Waals surface area (Å²) in [5.74, 6) is 2.34. The quantitative estimate of drug-likeness (QED) is 0.740. The fourth-order valence-corrected chi connectivity index (χ4v) is 3.12. The summed E-state index contributed by atoms with van der Waals surface area (Å²) in [5, 5.41) is 0.674. The Labute approximate surface area is 136 Å². The molecule has 1 aliphatic heterocycles. The fourth-order valence-electron chi connectivity index (χ4n) is 2.30. The van der Waals surface area contributed by atoms with Crippen LogP contribution in [0.3, 0.4) is 0 Å². The van der Waals surface area contributed by atoms with Gasteiger partial charge in [-0.25, -0.2) is 0 Å². The van der Waals surface area contributed by atoms with E-state index in [4.69, 9.17) is 25.8 Å². The molecule has 2 aromatic carbocycles. The molecule has 1 heterocycles. The summed E-state index contributed by atoms with van der Waals surface area (Å²) in [6.45, 7) is 1.16. The highest BCUT2D eigenvalue weighted by molar-refractivity contribution is 9.09. The average Bonchev–Trinajstić information content (AvgIpc) is 2.53. The Morgan fingerprint density at radius 3 is 2.62 bits per heavy atom. The molecule has 0 aromatic heterocycles. The van der Waals surface area contributed by atoms with Crippen LogP contribution in [0.1, 0.15) is 16.0 Å². The number of benzene rings is 2. The Kier molecular flexibility index (Phi) is 4.27. The van der Waals surface area contributed by atoms with Crippen molar-refractivity contribution in [2.75, 3.05) is 20.3 Å². The van der Waals surface area contributed by atoms with E-state index in [1.54, 1.807) is 7.11 Å². The molecule has 1 unspecified atom stereocenters. The molecule has 21 heavy (non-hydrogen) atoms. The molecule has 0 aliphatic carbocycles. The minimum absolute atomic E-state index is 0.0398. The number of rotatable bonds is 3. The van der Waals surface area contributed by atoms with Crippen LogP contribution in [0.4, 0.5) is 0 Å². The maximum absolute atomic E-state index is 6.10. The largest absolute Gasteiger partial charge is 0.496 e. The number of hydrogen-bond donors (Lipinski definition) is 0. The van der Waals surface area contributed by atoms with Crippen LogP contribution in [0.2, 0.25) is 5.02 Å². The van der Waals surface area contributed by atoms with Gasteiger partial charge in [0.25, 0.3) is 0 Å². The highest BCUT2D eigenvalue weighted by Crippen LogP contribution is 2.41. The Balaban J connectivity index is 1.98. The maximum Gasteiger partial charge on any atom is 0.161 e. The summed E-state index contributed by atoms with van der Waals surface area (Å²) < 4.78 is 16.6. The van der Waals surface area contributed by atoms with E-state index >= 15 is 0 Å². The lowest BCUT2D eigenvalue weighted by molar-refractivity contribution is 0.171. The molecule has 3 nitrogen and oxygen atoms in total. The van der Waals surface area contributed by atoms with Crippen LogP contribution in [0.15, 0.2) is 36.4 Å². The van der Waals surface area contributed by atoms with Gasteiger partial charge in [-0.2, -0.15) is 0 Å². The first-order valence-electron chi connectivity index (χ1n) is 6.56. The lowest BCUT2D eigenvalue weighted by Gasteiger charge is -2.21. The SMILES string of the molecule is COc1ccc(Cl)cc1C(Br)c1ccc2c(c1)OCCO2. The van der Waals surface area contributed by atoms with Crippen molar-refractivity contribution in [1.29, 1.82) is 0 Å². The molecule has 0 N–H and O–H groups in total. The van der Waals surface area contributed by atoms with Gasteiger partial charge in [0.15, 0.2) is 11.5 Å². The maximum atomic E-state index is 6.10. The molecule has 1 atom stereocenters. The van der Waals surface area contributed by atoms with Crippen LogP contribution in [0, 0.1) is 0 Å². The Morgan fingerprint density at radius 1 is 1.10 bits per heavy atom. The van der Waals surface area contributed by atoms with E-state index in [-0.39, 0.29) is 4.83 Å². The zero-order valence-corrected chi connectivity index (χ0v) is 13.8. The van der Waals surface area contributed by atoms with Crippen LogP contribution in [-0.2, 0) is 0 Å². The van der Waals surface area contributed by atoms with Gasteiger partial charge in [0, 0.05) is 10.6 Å². The average molecular weight is 370 g/mol. The van der Waals surface area contributed by atoms with Crippen LogP contribution in [0.25, 0.3) is 0 Å². The highest BCUT2D eigenvalue weighted by atomic mass is 79.9. The van der Waals surface area contributed by atoms with E-state index in [0.717, 1.165) is 28.4 Å². The summed E-state index contributed by atoms with van der Waals surface area (Å²) in [5.41, 5.74) is 2.03. The zero-order valence-electron chi connectivity index (χ0n) is 11.4. The summed E-state index contributed by atoms with van der Waals surface area (Å²) in [6.07, 6.45) is 0. The normalized spacial score (nSPS) is 14.6. The molecule has 110 valence electrons. The number of fused-ring (bicyclic) bond motifs is 1. The number of hydrogen-bond acceptors (Lipinski definition) is 3. The monoisotopic (exact) mass is 368 g/mol. The van der Waals surface area contributed by atoms with Gasteiger partial charge in [0.05, 0.1) is 11.9 Å². The van der Waals surface area contributed by atoms with E-state index < -0.39 is 0 Å². The molecule has 0 fully saturated rings. The van der Waals surface area contributed by atoms with Crippen molar-refractivity contribution in [1.82, 2.24) is 0 Å². The number of alkyl halides is 1. The minimum Gasteiger partial charge on any atom is -0.496 e. The molecule has 1 aliphatic rings. The molecule has 3 rings (SSSR count). The second-order valence-electron chi connectivity index (χ2n) is 4.65. The van der Waals surface area contributed by atoms with Crippen molar-refractivity contribution in [2.45, 2.75) is 4.83 Å². The Bertz CT molecular complexity index is 660. The fraction of sp³-hybridized carbons (Fsp3) is 0.250. The van der Waals surface area contributed by atoms with E-state index in [0.29, 0.717) is 18.2 Å². The number of methoxy groups -OCH3 is 1. The van der Waals surface area contributed by atoms with Crippen LogP contribution >= 0.6 is 27.5 Å². The van der Waals surface area contributed by atoms with Crippen molar-refractivity contribution in [3.63, 3.8) is 0 Å². The summed E-state index contributed by atoms with van der Waals surface area (Å²) in [7, 11) is 1.65. The first-order valence-corrected chi connectivity index (χ1v) is 7.85. The van der Waals surface area contributed by atoms with Crippen molar-refractivity contribution in [2.24, 2.45) is 0 Å². The van der Waals surface area contributed by atoms with E-state index in [9.17, 15) is 0 Å². The predicted octanol–water partition coefficient (Wildman–Crippen LogP) is 4.60. The van der Waals surface area contributed by atoms with Crippen molar-refractivity contribution < 1.29 is 14.2 Å². The molecule has 0 bridgehead atoms. The predicted molar refractivity (Wildman–Crippen MR) is 86.2 cm³/mol. The molecule has 0 spiro atoms. The molecular weight excluding hydrogens is 356 g/mol. The molecule has 0 amide bonds. The van der Waals surface area contributed by atoms with Crippen molar-refractivity contribution in [3.05, 3.63) is 52.5 Å². The topological polar surface area (TPSA) is 27.7 Å². The molecule has 0 saturated carbocycles. The van der Waals surface area contributed by atoms with Crippen molar-refractivity contribution in [3.8, 4) is 17.2 Å². The second-order valence-corrected chi connectivity index (χ2v) is 6.00. The van der Waals surface area contributed by atoms with E-state index in [2.05, 4.69) is 15.9 Å². The first-order chi connectivity index (χ1) is 10.2. The lowest BCUT2D eigenvalue weighted by Crippen LogP contribution is -2.15. The Hall–Kier alpha value is -1.39. The highest BCUT2D eigenvalue weighted by Gasteiger charge is 2.19. The smallest absolute Gasteiger partial charge is 0.161 e. The van der Waals surface area contributed by atoms with E-state index in [1.807, 2.05) is 36.4 Å². The summed E-state index contributed by atoms with van der Waals surface area (Å²) in [6, 6.07) is 11.5. The van der Waals surface area contributed by atoms with Crippen molar-refractivity contribution >= 4 is 27.5 Å². The van der Waals surface area contributed by atoms with Crippen LogP contribution in [0.5, 0.6) is 17.2 Å². The minimum atomic E-state index is -0.0398. The first kappa shape index (κ1) is 14.5. The third-order valence-corrected chi connectivity index (χ3v) is 4.58. The number of halogens is 2. The second kappa shape index (κ2) is 6.16. The molecule has 2 aromatic rings. The zero-order chi connectivity index (χ0) is 14.8. The molecule has 0 saturated heterocycles. The number of ether oxygens (including phenoxy) is 3. The molecule has 5 heteroatoms. The third-order valence-electron chi connectivity index (χ3n) is 3.32. The van der Waals surface area contributed by atoms with Gasteiger partial charge in [0.2, 0.25) is 0 Å². The van der Waals surface area contributed by atoms with Crippen LogP contribution < -0.4 is 14.2 Å². The van der Waals surface area contributed by atoms with Gasteiger partial charge in [-0.1, -0.05) is 33.6 Å². The molecule has 0 radical (unpaired) electrons. The van der Waals surface area contributed by atoms with E-state index in [1.165, 1.54) is 0 Å². The standard InChI is InChI=1S/C16H14BrClO3/c1-19-13-5-3-11(18)9-12(13)16(17)10-2-4-14-15(8-10)21-7-6-20-14/h2-5,8-9,16H,6-7H2,1H3. The van der Waals surface area contributed by atoms with Gasteiger partial charge < -0.3 is 14.2 Å². The lowest BCUT2D eigenvalue weighted by atomic mass is 10.0. The van der Waals surface area contributed by atoms with Gasteiger partial charge in [-0.05, 0) is 35.9 Å². The van der Waals surface area contributed by atoms with Crippen LogP contribution in [-0.4, -0.2) is 20.3 Å².